The predicted octanol–water partition coefficient (Wildman–Crippen LogP) is 5.08. The fourth-order valence-electron chi connectivity index (χ4n) is 5.60. The van der Waals surface area contributed by atoms with Crippen molar-refractivity contribution in [1.82, 2.24) is 10.2 Å². The number of carbonyl (C=O) groups excluding carboxylic acids is 2. The second-order valence-corrected chi connectivity index (χ2v) is 13.0. The lowest BCUT2D eigenvalue weighted by atomic mass is 10.1. The Kier molecular flexibility index (Phi) is 11.3. The number of hydrogen-bond donors (Lipinski definition) is 1. The van der Waals surface area contributed by atoms with Crippen molar-refractivity contribution in [1.29, 1.82) is 0 Å². The van der Waals surface area contributed by atoms with Crippen LogP contribution in [0, 0.1) is 6.92 Å². The van der Waals surface area contributed by atoms with E-state index < -0.39 is 28.5 Å². The van der Waals surface area contributed by atoms with E-state index in [2.05, 4.69) is 5.32 Å². The standard InChI is InChI=1S/C34H43N3O7S/c1-6-30(34(39)35-26-11-7-8-12-26)36(22-25-10-9-13-28(20-25)42-3)33(38)23-37(27-16-19-31(43-4)32(21-27)44-5)45(40,41)29-17-14-24(2)15-18-29/h9-10,13-21,26,30H,6-8,11-12,22-23H2,1-5H3,(H,35,39)/t30-/m1/s1. The quantitative estimate of drug-likeness (QED) is 0.262. The van der Waals surface area contributed by atoms with Crippen LogP contribution in [0.4, 0.5) is 5.69 Å². The number of methoxy groups -OCH3 is 3. The molecule has 0 heterocycles. The van der Waals surface area contributed by atoms with E-state index in [1.54, 1.807) is 43.5 Å². The Morgan fingerprint density at radius 1 is 0.911 bits per heavy atom. The molecule has 3 aromatic carbocycles. The number of anilines is 1. The van der Waals surface area contributed by atoms with Gasteiger partial charge in [0.1, 0.15) is 18.3 Å². The molecule has 242 valence electrons. The van der Waals surface area contributed by atoms with Crippen molar-refractivity contribution in [2.24, 2.45) is 0 Å². The number of aryl methyl sites for hydroxylation is 1. The van der Waals surface area contributed by atoms with Crippen molar-refractivity contribution in [3.8, 4) is 17.2 Å². The van der Waals surface area contributed by atoms with Gasteiger partial charge in [-0.1, -0.05) is 49.6 Å². The first kappa shape index (κ1) is 33.6. The lowest BCUT2D eigenvalue weighted by molar-refractivity contribution is -0.140. The third-order valence-corrected chi connectivity index (χ3v) is 9.91. The topological polar surface area (TPSA) is 114 Å². The van der Waals surface area contributed by atoms with Crippen LogP contribution < -0.4 is 23.8 Å². The molecule has 0 radical (unpaired) electrons. The largest absolute Gasteiger partial charge is 0.497 e. The van der Waals surface area contributed by atoms with Gasteiger partial charge >= 0.3 is 0 Å². The molecule has 10 nitrogen and oxygen atoms in total. The van der Waals surface area contributed by atoms with Crippen LogP contribution in [0.3, 0.4) is 0 Å². The van der Waals surface area contributed by atoms with E-state index >= 15 is 0 Å². The summed E-state index contributed by atoms with van der Waals surface area (Å²) in [7, 11) is 0.269. The highest BCUT2D eigenvalue weighted by molar-refractivity contribution is 7.92. The van der Waals surface area contributed by atoms with Crippen molar-refractivity contribution in [3.05, 3.63) is 77.9 Å². The van der Waals surface area contributed by atoms with E-state index in [-0.39, 0.29) is 29.1 Å². The molecular weight excluding hydrogens is 594 g/mol. The summed E-state index contributed by atoms with van der Waals surface area (Å²) in [6.07, 6.45) is 4.23. The average Bonchev–Trinajstić information content (AvgIpc) is 3.56. The normalized spacial score (nSPS) is 14.0. The average molecular weight is 638 g/mol. The number of ether oxygens (including phenoxy) is 3. The molecule has 1 aliphatic carbocycles. The molecule has 0 aliphatic heterocycles. The van der Waals surface area contributed by atoms with E-state index in [0.29, 0.717) is 23.7 Å². The van der Waals surface area contributed by atoms with E-state index in [4.69, 9.17) is 14.2 Å². The number of sulfonamides is 1. The van der Waals surface area contributed by atoms with Gasteiger partial charge in [0.25, 0.3) is 10.0 Å². The van der Waals surface area contributed by atoms with Gasteiger partial charge in [-0.25, -0.2) is 8.42 Å². The fraction of sp³-hybridized carbons (Fsp3) is 0.412. The van der Waals surface area contributed by atoms with E-state index in [1.165, 1.54) is 37.3 Å². The molecule has 1 N–H and O–H groups in total. The number of hydrogen-bond acceptors (Lipinski definition) is 7. The molecule has 1 fully saturated rings. The molecule has 1 saturated carbocycles. The van der Waals surface area contributed by atoms with Crippen LogP contribution in [-0.2, 0) is 26.2 Å². The first-order chi connectivity index (χ1) is 21.6. The third kappa shape index (κ3) is 8.08. The molecule has 0 saturated heterocycles. The van der Waals surface area contributed by atoms with Gasteiger partial charge in [-0.3, -0.25) is 13.9 Å². The molecular formula is C34H43N3O7S. The van der Waals surface area contributed by atoms with Crippen LogP contribution in [0.15, 0.2) is 71.6 Å². The van der Waals surface area contributed by atoms with Gasteiger partial charge in [0, 0.05) is 18.7 Å². The van der Waals surface area contributed by atoms with Crippen LogP contribution in [0.1, 0.15) is 50.2 Å². The van der Waals surface area contributed by atoms with Crippen molar-refractivity contribution in [2.75, 3.05) is 32.2 Å². The maximum absolute atomic E-state index is 14.4. The van der Waals surface area contributed by atoms with Crippen LogP contribution in [0.2, 0.25) is 0 Å². The molecule has 0 aromatic heterocycles. The van der Waals surface area contributed by atoms with Gasteiger partial charge < -0.3 is 24.4 Å². The molecule has 45 heavy (non-hydrogen) atoms. The second-order valence-electron chi connectivity index (χ2n) is 11.2. The second kappa shape index (κ2) is 15.2. The molecule has 0 spiro atoms. The predicted molar refractivity (Wildman–Crippen MR) is 173 cm³/mol. The van der Waals surface area contributed by atoms with Crippen molar-refractivity contribution in [3.63, 3.8) is 0 Å². The smallest absolute Gasteiger partial charge is 0.264 e. The maximum Gasteiger partial charge on any atom is 0.264 e. The van der Waals surface area contributed by atoms with Crippen molar-refractivity contribution in [2.45, 2.75) is 69.5 Å². The zero-order valence-corrected chi connectivity index (χ0v) is 27.4. The summed E-state index contributed by atoms with van der Waals surface area (Å²) in [5.41, 5.74) is 1.85. The van der Waals surface area contributed by atoms with Crippen molar-refractivity contribution < 1.29 is 32.2 Å². The Morgan fingerprint density at radius 2 is 1.60 bits per heavy atom. The summed E-state index contributed by atoms with van der Waals surface area (Å²) in [6, 6.07) is 17.6. The van der Waals surface area contributed by atoms with Crippen molar-refractivity contribution >= 4 is 27.5 Å². The number of nitrogens with zero attached hydrogens (tertiary/aromatic N) is 2. The number of carbonyl (C=O) groups is 2. The minimum Gasteiger partial charge on any atom is -0.497 e. The van der Waals surface area contributed by atoms with Gasteiger partial charge in [0.15, 0.2) is 11.5 Å². The van der Waals surface area contributed by atoms with Crippen LogP contribution in [-0.4, -0.2) is 65.1 Å². The van der Waals surface area contributed by atoms with Gasteiger partial charge in [-0.2, -0.15) is 0 Å². The highest BCUT2D eigenvalue weighted by atomic mass is 32.2. The molecule has 1 aliphatic rings. The monoisotopic (exact) mass is 637 g/mol. The summed E-state index contributed by atoms with van der Waals surface area (Å²) in [4.78, 5) is 29.5. The number of amides is 2. The summed E-state index contributed by atoms with van der Waals surface area (Å²) in [5.74, 6) is 0.547. The number of benzene rings is 3. The molecule has 2 amide bonds. The molecule has 1 atom stereocenters. The number of rotatable bonds is 14. The van der Waals surface area contributed by atoms with Gasteiger partial charge in [0.2, 0.25) is 11.8 Å². The number of nitrogens with one attached hydrogen (secondary N) is 1. The third-order valence-electron chi connectivity index (χ3n) is 8.12. The Morgan fingerprint density at radius 3 is 2.22 bits per heavy atom. The highest BCUT2D eigenvalue weighted by Crippen LogP contribution is 2.34. The zero-order valence-electron chi connectivity index (χ0n) is 26.6. The zero-order chi connectivity index (χ0) is 32.6. The minimum absolute atomic E-state index is 0.0287. The summed E-state index contributed by atoms with van der Waals surface area (Å²) in [5, 5.41) is 3.13. The van der Waals surface area contributed by atoms with E-state index in [1.807, 2.05) is 26.0 Å². The first-order valence-electron chi connectivity index (χ1n) is 15.2. The molecule has 4 rings (SSSR count). The Balaban J connectivity index is 1.76. The van der Waals surface area contributed by atoms with Gasteiger partial charge in [-0.15, -0.1) is 0 Å². The molecule has 0 bridgehead atoms. The molecule has 3 aromatic rings. The molecule has 11 heteroatoms. The highest BCUT2D eigenvalue weighted by Gasteiger charge is 2.35. The van der Waals surface area contributed by atoms with Gasteiger partial charge in [0.05, 0.1) is 31.9 Å². The minimum atomic E-state index is -4.23. The lowest BCUT2D eigenvalue weighted by Gasteiger charge is -2.34. The SMILES string of the molecule is CC[C@H](C(=O)NC1CCCC1)N(Cc1cccc(OC)c1)C(=O)CN(c1ccc(OC)c(OC)c1)S(=O)(=O)c1ccc(C)cc1. The van der Waals surface area contributed by atoms with Gasteiger partial charge in [-0.05, 0) is 68.1 Å². The summed E-state index contributed by atoms with van der Waals surface area (Å²) in [6.45, 7) is 3.24. The maximum atomic E-state index is 14.4. The van der Waals surface area contributed by atoms with Crippen LogP contribution >= 0.6 is 0 Å². The Hall–Kier alpha value is -4.25. The lowest BCUT2D eigenvalue weighted by Crippen LogP contribution is -2.53. The van der Waals surface area contributed by atoms with E-state index in [9.17, 15) is 18.0 Å². The Bertz CT molecular complexity index is 1570. The first-order valence-corrected chi connectivity index (χ1v) is 16.6. The summed E-state index contributed by atoms with van der Waals surface area (Å²) >= 11 is 0. The molecule has 0 unspecified atom stereocenters. The van der Waals surface area contributed by atoms with E-state index in [0.717, 1.165) is 41.1 Å². The van der Waals surface area contributed by atoms with Crippen LogP contribution in [0.25, 0.3) is 0 Å². The summed E-state index contributed by atoms with van der Waals surface area (Å²) < 4.78 is 45.6. The Labute approximate surface area is 266 Å². The van der Waals surface area contributed by atoms with Crippen LogP contribution in [0.5, 0.6) is 17.2 Å². The fourth-order valence-corrected chi connectivity index (χ4v) is 7.01.